The first-order valence-corrected chi connectivity index (χ1v) is 8.14. The van der Waals surface area contributed by atoms with Crippen molar-refractivity contribution < 1.29 is 8.42 Å². The zero-order valence-electron chi connectivity index (χ0n) is 10.3. The van der Waals surface area contributed by atoms with Gasteiger partial charge in [-0.1, -0.05) is 13.8 Å². The lowest BCUT2D eigenvalue weighted by atomic mass is 10.2. The first-order chi connectivity index (χ1) is 8.03. The summed E-state index contributed by atoms with van der Waals surface area (Å²) in [4.78, 5) is 1.01. The average Bonchev–Trinajstić information content (AvgIpc) is 2.76. The quantitative estimate of drug-likeness (QED) is 0.796. The van der Waals surface area contributed by atoms with Crippen LogP contribution in [-0.4, -0.2) is 21.0 Å². The van der Waals surface area contributed by atoms with Crippen LogP contribution in [0.4, 0.5) is 0 Å². The van der Waals surface area contributed by atoms with E-state index in [0.29, 0.717) is 10.8 Å². The van der Waals surface area contributed by atoms with E-state index in [4.69, 9.17) is 5.73 Å². The van der Waals surface area contributed by atoms with E-state index >= 15 is 0 Å². The van der Waals surface area contributed by atoms with Crippen LogP contribution in [0.15, 0.2) is 16.3 Å². The highest BCUT2D eigenvalue weighted by atomic mass is 32.2. The second-order valence-corrected chi connectivity index (χ2v) is 7.00. The summed E-state index contributed by atoms with van der Waals surface area (Å²) in [6.07, 6.45) is 2.33. The van der Waals surface area contributed by atoms with Crippen LogP contribution in [0.1, 0.15) is 31.6 Å². The van der Waals surface area contributed by atoms with E-state index in [1.54, 1.807) is 6.07 Å². The fourth-order valence-corrected chi connectivity index (χ4v) is 4.30. The molecule has 0 unspecified atom stereocenters. The molecule has 1 aromatic heterocycles. The summed E-state index contributed by atoms with van der Waals surface area (Å²) in [5.74, 6) is 0. The van der Waals surface area contributed by atoms with Crippen molar-refractivity contribution in [2.24, 2.45) is 5.73 Å². The number of hydrogen-bond donors (Lipinski definition) is 2. The maximum atomic E-state index is 12.0. The third kappa shape index (κ3) is 4.06. The predicted molar refractivity (Wildman–Crippen MR) is 71.8 cm³/mol. The maximum Gasteiger partial charge on any atom is 0.250 e. The van der Waals surface area contributed by atoms with E-state index in [1.807, 2.05) is 19.9 Å². The molecule has 0 saturated heterocycles. The van der Waals surface area contributed by atoms with Crippen LogP contribution in [-0.2, 0) is 16.4 Å². The molecule has 0 bridgehead atoms. The molecule has 17 heavy (non-hydrogen) atoms. The highest BCUT2D eigenvalue weighted by Gasteiger charge is 2.19. The molecule has 0 saturated carbocycles. The van der Waals surface area contributed by atoms with Crippen molar-refractivity contribution in [1.82, 2.24) is 4.72 Å². The molecule has 0 atom stereocenters. The SMILES string of the molecule is CCC(CC)NS(=O)(=O)c1ccc(CCN)s1. The summed E-state index contributed by atoms with van der Waals surface area (Å²) in [5.41, 5.74) is 5.44. The van der Waals surface area contributed by atoms with Crippen LogP contribution in [0, 0.1) is 0 Å². The molecule has 1 aromatic rings. The second kappa shape index (κ2) is 6.49. The highest BCUT2D eigenvalue weighted by molar-refractivity contribution is 7.91. The number of thiophene rings is 1. The van der Waals surface area contributed by atoms with Crippen LogP contribution in [0.2, 0.25) is 0 Å². The van der Waals surface area contributed by atoms with Gasteiger partial charge in [0.1, 0.15) is 4.21 Å². The monoisotopic (exact) mass is 276 g/mol. The summed E-state index contributed by atoms with van der Waals surface area (Å²) < 4.78 is 27.2. The Morgan fingerprint density at radius 2 is 2.00 bits per heavy atom. The number of hydrogen-bond acceptors (Lipinski definition) is 4. The Morgan fingerprint density at radius 1 is 1.35 bits per heavy atom. The minimum absolute atomic E-state index is 0.0139. The smallest absolute Gasteiger partial charge is 0.250 e. The molecule has 0 aliphatic carbocycles. The fraction of sp³-hybridized carbons (Fsp3) is 0.636. The molecule has 0 spiro atoms. The van der Waals surface area contributed by atoms with Gasteiger partial charge in [0.05, 0.1) is 0 Å². The third-order valence-electron chi connectivity index (χ3n) is 2.60. The average molecular weight is 276 g/mol. The van der Waals surface area contributed by atoms with Gasteiger partial charge in [0.2, 0.25) is 10.0 Å². The van der Waals surface area contributed by atoms with E-state index in [0.717, 1.165) is 24.1 Å². The molecule has 0 radical (unpaired) electrons. The summed E-state index contributed by atoms with van der Waals surface area (Å²) in [5, 5.41) is 0. The lowest BCUT2D eigenvalue weighted by Crippen LogP contribution is -2.33. The van der Waals surface area contributed by atoms with Crippen LogP contribution in [0.25, 0.3) is 0 Å². The Hall–Kier alpha value is -0.430. The number of nitrogens with two attached hydrogens (primary N) is 1. The summed E-state index contributed by atoms with van der Waals surface area (Å²) in [6, 6.07) is 3.50. The van der Waals surface area contributed by atoms with Crippen LogP contribution >= 0.6 is 11.3 Å². The summed E-state index contributed by atoms with van der Waals surface area (Å²) in [6.45, 7) is 4.50. The second-order valence-electron chi connectivity index (χ2n) is 3.89. The van der Waals surface area contributed by atoms with Gasteiger partial charge in [0.15, 0.2) is 0 Å². The van der Waals surface area contributed by atoms with Crippen molar-refractivity contribution in [1.29, 1.82) is 0 Å². The molecule has 6 heteroatoms. The van der Waals surface area contributed by atoms with Gasteiger partial charge in [-0.15, -0.1) is 11.3 Å². The van der Waals surface area contributed by atoms with E-state index in [2.05, 4.69) is 4.72 Å². The molecule has 1 rings (SSSR count). The van der Waals surface area contributed by atoms with E-state index in [1.165, 1.54) is 11.3 Å². The molecule has 3 N–H and O–H groups in total. The lowest BCUT2D eigenvalue weighted by Gasteiger charge is -2.13. The zero-order chi connectivity index (χ0) is 12.9. The van der Waals surface area contributed by atoms with Crippen molar-refractivity contribution in [3.8, 4) is 0 Å². The molecule has 0 aliphatic heterocycles. The standard InChI is InChI=1S/C11H20N2O2S2/c1-3-9(4-2)13-17(14,15)11-6-5-10(16-11)7-8-12/h5-6,9,13H,3-4,7-8,12H2,1-2H3. The van der Waals surface area contributed by atoms with Crippen LogP contribution in [0.5, 0.6) is 0 Å². The van der Waals surface area contributed by atoms with E-state index in [-0.39, 0.29) is 6.04 Å². The number of sulfonamides is 1. The van der Waals surface area contributed by atoms with Gasteiger partial charge >= 0.3 is 0 Å². The Balaban J connectivity index is 2.81. The van der Waals surface area contributed by atoms with Gasteiger partial charge in [-0.3, -0.25) is 0 Å². The molecule has 98 valence electrons. The largest absolute Gasteiger partial charge is 0.330 e. The Morgan fingerprint density at radius 3 is 2.53 bits per heavy atom. The molecule has 4 nitrogen and oxygen atoms in total. The van der Waals surface area contributed by atoms with Gasteiger partial charge < -0.3 is 5.73 Å². The van der Waals surface area contributed by atoms with Crippen molar-refractivity contribution in [3.05, 3.63) is 17.0 Å². The van der Waals surface area contributed by atoms with Crippen LogP contribution in [0.3, 0.4) is 0 Å². The molecule has 0 amide bonds. The van der Waals surface area contributed by atoms with Crippen LogP contribution < -0.4 is 10.5 Å². The molecule has 0 fully saturated rings. The Kier molecular flexibility index (Phi) is 5.58. The fourth-order valence-electron chi connectivity index (χ4n) is 1.51. The van der Waals surface area contributed by atoms with Crippen molar-refractivity contribution >= 4 is 21.4 Å². The topological polar surface area (TPSA) is 72.2 Å². The van der Waals surface area contributed by atoms with Gasteiger partial charge in [0.25, 0.3) is 0 Å². The van der Waals surface area contributed by atoms with Crippen molar-refractivity contribution in [2.75, 3.05) is 6.54 Å². The molecular weight excluding hydrogens is 256 g/mol. The zero-order valence-corrected chi connectivity index (χ0v) is 11.9. The maximum absolute atomic E-state index is 12.0. The third-order valence-corrected chi connectivity index (χ3v) is 5.76. The minimum atomic E-state index is -3.35. The molecule has 0 aromatic carbocycles. The lowest BCUT2D eigenvalue weighted by molar-refractivity contribution is 0.531. The van der Waals surface area contributed by atoms with Gasteiger partial charge in [0, 0.05) is 10.9 Å². The minimum Gasteiger partial charge on any atom is -0.330 e. The summed E-state index contributed by atoms with van der Waals surface area (Å²) >= 11 is 1.30. The van der Waals surface area contributed by atoms with Crippen molar-refractivity contribution in [3.63, 3.8) is 0 Å². The molecule has 0 aliphatic rings. The van der Waals surface area contributed by atoms with Gasteiger partial charge in [-0.2, -0.15) is 0 Å². The van der Waals surface area contributed by atoms with E-state index in [9.17, 15) is 8.42 Å². The number of nitrogens with one attached hydrogen (secondary N) is 1. The first-order valence-electron chi connectivity index (χ1n) is 5.84. The first kappa shape index (κ1) is 14.6. The normalized spacial score (nSPS) is 12.2. The van der Waals surface area contributed by atoms with Gasteiger partial charge in [-0.05, 0) is 37.9 Å². The Bertz CT molecular complexity index is 436. The summed E-state index contributed by atoms with van der Waals surface area (Å²) in [7, 11) is -3.35. The van der Waals surface area contributed by atoms with Crippen molar-refractivity contribution in [2.45, 2.75) is 43.4 Å². The Labute approximate surface area is 107 Å². The highest BCUT2D eigenvalue weighted by Crippen LogP contribution is 2.22. The molecular formula is C11H20N2O2S2. The van der Waals surface area contributed by atoms with E-state index < -0.39 is 10.0 Å². The molecule has 1 heterocycles. The predicted octanol–water partition coefficient (Wildman–Crippen LogP) is 1.72. The number of rotatable bonds is 7. The van der Waals surface area contributed by atoms with Gasteiger partial charge in [-0.25, -0.2) is 13.1 Å².